The first-order valence-electron chi connectivity index (χ1n) is 6.23. The van der Waals surface area contributed by atoms with Crippen LogP contribution < -0.4 is 11.1 Å². The molecule has 3 N–H and O–H groups in total. The highest BCUT2D eigenvalue weighted by molar-refractivity contribution is 6.04. The van der Waals surface area contributed by atoms with Gasteiger partial charge in [-0.1, -0.05) is 13.3 Å². The van der Waals surface area contributed by atoms with Crippen molar-refractivity contribution < 1.29 is 9.59 Å². The van der Waals surface area contributed by atoms with Gasteiger partial charge in [0.05, 0.1) is 6.54 Å². The Morgan fingerprint density at radius 3 is 2.79 bits per heavy atom. The van der Waals surface area contributed by atoms with E-state index in [1.165, 1.54) is 0 Å². The molecule has 2 heterocycles. The Bertz CT molecular complexity index is 497. The molecule has 2 rings (SSSR count). The fourth-order valence-electron chi connectivity index (χ4n) is 2.08. The van der Waals surface area contributed by atoms with E-state index in [4.69, 9.17) is 5.73 Å². The first kappa shape index (κ1) is 13.3. The molecule has 1 aliphatic heterocycles. The second-order valence-corrected chi connectivity index (χ2v) is 4.57. The van der Waals surface area contributed by atoms with Gasteiger partial charge < -0.3 is 11.1 Å². The number of rotatable bonds is 4. The molecule has 0 aliphatic carbocycles. The molecule has 1 unspecified atom stereocenters. The molecule has 1 atom stereocenters. The number of anilines is 1. The van der Waals surface area contributed by atoms with Crippen LogP contribution in [0.15, 0.2) is 6.07 Å². The maximum absolute atomic E-state index is 12.0. The maximum atomic E-state index is 12.0. The minimum Gasteiger partial charge on any atom is -0.384 e. The lowest BCUT2D eigenvalue weighted by Gasteiger charge is -2.12. The van der Waals surface area contributed by atoms with Crippen LogP contribution in [0.4, 0.5) is 10.6 Å². The molecule has 3 amide bonds. The van der Waals surface area contributed by atoms with Crippen LogP contribution in [-0.2, 0) is 11.3 Å². The quantitative estimate of drug-likeness (QED) is 0.774. The number of aromatic nitrogens is 2. The van der Waals surface area contributed by atoms with Gasteiger partial charge in [-0.3, -0.25) is 9.69 Å². The van der Waals surface area contributed by atoms with Gasteiger partial charge in [0.15, 0.2) is 5.82 Å². The highest BCUT2D eigenvalue weighted by atomic mass is 16.2. The fourth-order valence-corrected chi connectivity index (χ4v) is 2.08. The monoisotopic (exact) mass is 263 g/mol. The molecule has 1 aromatic heterocycles. The van der Waals surface area contributed by atoms with Crippen molar-refractivity contribution in [3.8, 4) is 0 Å². The summed E-state index contributed by atoms with van der Waals surface area (Å²) in [5, 5.41) is 2.65. The summed E-state index contributed by atoms with van der Waals surface area (Å²) in [6.07, 6.45) is 1.47. The fraction of sp³-hybridized carbons (Fsp3) is 0.500. The molecule has 1 saturated heterocycles. The van der Waals surface area contributed by atoms with Crippen molar-refractivity contribution >= 4 is 17.8 Å². The lowest BCUT2D eigenvalue weighted by atomic mass is 10.2. The molecule has 102 valence electrons. The zero-order valence-electron chi connectivity index (χ0n) is 11.0. The average molecular weight is 263 g/mol. The van der Waals surface area contributed by atoms with Crippen molar-refractivity contribution in [3.63, 3.8) is 0 Å². The van der Waals surface area contributed by atoms with E-state index < -0.39 is 12.1 Å². The number of urea groups is 1. The summed E-state index contributed by atoms with van der Waals surface area (Å²) in [6, 6.07) is 0.807. The van der Waals surface area contributed by atoms with Crippen LogP contribution in [0.2, 0.25) is 0 Å². The largest absolute Gasteiger partial charge is 0.384 e. The second-order valence-electron chi connectivity index (χ2n) is 4.57. The van der Waals surface area contributed by atoms with Crippen molar-refractivity contribution in [1.29, 1.82) is 0 Å². The van der Waals surface area contributed by atoms with Gasteiger partial charge in [-0.05, 0) is 13.3 Å². The van der Waals surface area contributed by atoms with E-state index in [9.17, 15) is 9.59 Å². The van der Waals surface area contributed by atoms with Gasteiger partial charge >= 0.3 is 6.03 Å². The molecule has 1 aromatic rings. The van der Waals surface area contributed by atoms with Crippen LogP contribution in [0.5, 0.6) is 0 Å². The average Bonchev–Trinajstić information content (AvgIpc) is 2.56. The van der Waals surface area contributed by atoms with Crippen molar-refractivity contribution in [2.24, 2.45) is 0 Å². The third-order valence-corrected chi connectivity index (χ3v) is 2.90. The number of hydrogen-bond donors (Lipinski definition) is 2. The summed E-state index contributed by atoms with van der Waals surface area (Å²) < 4.78 is 0. The molecular weight excluding hydrogens is 246 g/mol. The van der Waals surface area contributed by atoms with Crippen molar-refractivity contribution in [2.45, 2.75) is 39.3 Å². The molecule has 1 fully saturated rings. The number of hydrogen-bond acceptors (Lipinski definition) is 5. The summed E-state index contributed by atoms with van der Waals surface area (Å²) in [4.78, 5) is 33.1. The summed E-state index contributed by atoms with van der Waals surface area (Å²) in [7, 11) is 0. The third-order valence-electron chi connectivity index (χ3n) is 2.90. The van der Waals surface area contributed by atoms with Crippen LogP contribution in [0.25, 0.3) is 0 Å². The molecule has 1 aliphatic rings. The molecule has 0 bridgehead atoms. The Morgan fingerprint density at radius 1 is 1.42 bits per heavy atom. The number of nitrogens with one attached hydrogen (secondary N) is 1. The molecule has 0 aromatic carbocycles. The summed E-state index contributed by atoms with van der Waals surface area (Å²) in [6.45, 7) is 3.80. The van der Waals surface area contributed by atoms with Gasteiger partial charge in [0.2, 0.25) is 0 Å². The summed E-state index contributed by atoms with van der Waals surface area (Å²) in [5.41, 5.74) is 6.33. The standard InChI is InChI=1S/C12H17N5O2/c1-3-4-8-11(18)17(12(19)15-8)6-10-14-7(2)5-9(13)16-10/h5,8H,3-4,6H2,1-2H3,(H,15,19)(H2,13,14,16). The molecule has 7 nitrogen and oxygen atoms in total. The number of carbonyl (C=O) groups is 2. The Kier molecular flexibility index (Phi) is 3.64. The molecule has 7 heteroatoms. The van der Waals surface area contributed by atoms with Gasteiger partial charge in [-0.15, -0.1) is 0 Å². The topological polar surface area (TPSA) is 101 Å². The number of nitrogens with two attached hydrogens (primary N) is 1. The van der Waals surface area contributed by atoms with Crippen molar-refractivity contribution in [1.82, 2.24) is 20.2 Å². The Morgan fingerprint density at radius 2 is 2.16 bits per heavy atom. The van der Waals surface area contributed by atoms with E-state index >= 15 is 0 Å². The highest BCUT2D eigenvalue weighted by Gasteiger charge is 2.37. The Balaban J connectivity index is 2.14. The lowest BCUT2D eigenvalue weighted by Crippen LogP contribution is -2.31. The molecule has 0 saturated carbocycles. The van der Waals surface area contributed by atoms with E-state index in [0.29, 0.717) is 23.8 Å². The number of aryl methyl sites for hydroxylation is 1. The summed E-state index contributed by atoms with van der Waals surface area (Å²) >= 11 is 0. The second kappa shape index (κ2) is 5.21. The van der Waals surface area contributed by atoms with Gasteiger partial charge in [-0.2, -0.15) is 0 Å². The van der Waals surface area contributed by atoms with E-state index in [-0.39, 0.29) is 12.5 Å². The zero-order chi connectivity index (χ0) is 14.0. The van der Waals surface area contributed by atoms with E-state index in [1.54, 1.807) is 13.0 Å². The number of imide groups is 1. The smallest absolute Gasteiger partial charge is 0.325 e. The lowest BCUT2D eigenvalue weighted by molar-refractivity contribution is -0.128. The third kappa shape index (κ3) is 2.81. The number of amides is 3. The minimum absolute atomic E-state index is 0.0523. The normalized spacial score (nSPS) is 18.8. The van der Waals surface area contributed by atoms with Crippen LogP contribution >= 0.6 is 0 Å². The number of nitrogen functional groups attached to an aromatic ring is 1. The first-order valence-corrected chi connectivity index (χ1v) is 6.23. The summed E-state index contributed by atoms with van der Waals surface area (Å²) in [5.74, 6) is 0.480. The van der Waals surface area contributed by atoms with Gasteiger partial charge in [0.25, 0.3) is 5.91 Å². The molecule has 0 radical (unpaired) electrons. The predicted molar refractivity (Wildman–Crippen MR) is 69.0 cm³/mol. The van der Waals surface area contributed by atoms with Gasteiger partial charge in [-0.25, -0.2) is 14.8 Å². The van der Waals surface area contributed by atoms with Crippen LogP contribution in [0, 0.1) is 6.92 Å². The molecular formula is C12H17N5O2. The maximum Gasteiger partial charge on any atom is 0.325 e. The minimum atomic E-state index is -0.431. The van der Waals surface area contributed by atoms with Crippen LogP contribution in [0.3, 0.4) is 0 Å². The van der Waals surface area contributed by atoms with Crippen molar-refractivity contribution in [3.05, 3.63) is 17.6 Å². The van der Waals surface area contributed by atoms with E-state index in [2.05, 4.69) is 15.3 Å². The van der Waals surface area contributed by atoms with E-state index in [0.717, 1.165) is 11.3 Å². The van der Waals surface area contributed by atoms with Gasteiger partial charge in [0.1, 0.15) is 11.9 Å². The van der Waals surface area contributed by atoms with Crippen LogP contribution in [0.1, 0.15) is 31.3 Å². The number of carbonyl (C=O) groups excluding carboxylic acids is 2. The van der Waals surface area contributed by atoms with Crippen LogP contribution in [-0.4, -0.2) is 32.8 Å². The molecule has 0 spiro atoms. The van der Waals surface area contributed by atoms with E-state index in [1.807, 2.05) is 6.92 Å². The van der Waals surface area contributed by atoms with Crippen molar-refractivity contribution in [2.75, 3.05) is 5.73 Å². The number of nitrogens with zero attached hydrogens (tertiary/aromatic N) is 3. The predicted octanol–water partition coefficient (Wildman–Crippen LogP) is 0.588. The Labute approximate surface area is 111 Å². The highest BCUT2D eigenvalue weighted by Crippen LogP contribution is 2.14. The molecule has 19 heavy (non-hydrogen) atoms. The SMILES string of the molecule is CCCC1NC(=O)N(Cc2nc(C)cc(N)n2)C1=O. The zero-order valence-corrected chi connectivity index (χ0v) is 11.0. The Hall–Kier alpha value is -2.18. The first-order chi connectivity index (χ1) is 9.01. The van der Waals surface area contributed by atoms with Gasteiger partial charge in [0, 0.05) is 11.8 Å².